The molecule has 1 atom stereocenters. The third kappa shape index (κ3) is 4.10. The molecular formula is C16H25ClN2O2. The maximum absolute atomic E-state index is 6.26. The Labute approximate surface area is 132 Å². The van der Waals surface area contributed by atoms with E-state index in [1.54, 1.807) is 0 Å². The smallest absolute Gasteiger partial charge is 0.127 e. The van der Waals surface area contributed by atoms with Crippen molar-refractivity contribution in [2.45, 2.75) is 26.8 Å². The molecule has 118 valence electrons. The lowest BCUT2D eigenvalue weighted by Crippen LogP contribution is -2.38. The first kappa shape index (κ1) is 16.6. The van der Waals surface area contributed by atoms with Gasteiger partial charge in [0.05, 0.1) is 13.2 Å². The summed E-state index contributed by atoms with van der Waals surface area (Å²) < 4.78 is 11.4. The molecular weight excluding hydrogens is 288 g/mol. The second-order valence-electron chi connectivity index (χ2n) is 5.62. The number of rotatable bonds is 5. The minimum atomic E-state index is -0.0970. The lowest BCUT2D eigenvalue weighted by Gasteiger charge is -2.27. The minimum Gasteiger partial charge on any atom is -0.492 e. The van der Waals surface area contributed by atoms with Crippen LogP contribution in [0.2, 0.25) is 5.02 Å². The molecule has 1 aliphatic heterocycles. The Morgan fingerprint density at radius 1 is 1.33 bits per heavy atom. The van der Waals surface area contributed by atoms with Crippen LogP contribution in [0.3, 0.4) is 0 Å². The van der Waals surface area contributed by atoms with Crippen LogP contribution in [-0.2, 0) is 4.74 Å². The van der Waals surface area contributed by atoms with E-state index < -0.39 is 0 Å². The summed E-state index contributed by atoms with van der Waals surface area (Å²) in [5.41, 5.74) is 9.17. The molecule has 0 amide bonds. The van der Waals surface area contributed by atoms with E-state index in [0.29, 0.717) is 6.61 Å². The molecule has 1 heterocycles. The highest BCUT2D eigenvalue weighted by Crippen LogP contribution is 2.34. The molecule has 1 aliphatic rings. The van der Waals surface area contributed by atoms with Crippen molar-refractivity contribution in [3.63, 3.8) is 0 Å². The zero-order valence-electron chi connectivity index (χ0n) is 13.1. The molecule has 1 aromatic rings. The van der Waals surface area contributed by atoms with Gasteiger partial charge in [0, 0.05) is 36.3 Å². The molecule has 0 spiro atoms. The Balaban J connectivity index is 2.05. The van der Waals surface area contributed by atoms with Gasteiger partial charge in [-0.05, 0) is 38.0 Å². The van der Waals surface area contributed by atoms with E-state index in [4.69, 9.17) is 26.8 Å². The molecule has 2 rings (SSSR count). The molecule has 1 saturated heterocycles. The number of benzene rings is 1. The minimum absolute atomic E-state index is 0.0970. The molecule has 1 fully saturated rings. The Hall–Kier alpha value is -0.810. The van der Waals surface area contributed by atoms with Crippen molar-refractivity contribution in [2.75, 3.05) is 39.5 Å². The molecule has 4 nitrogen and oxygen atoms in total. The van der Waals surface area contributed by atoms with Gasteiger partial charge in [0.1, 0.15) is 12.4 Å². The van der Waals surface area contributed by atoms with Crippen LogP contribution in [-0.4, -0.2) is 44.4 Å². The lowest BCUT2D eigenvalue weighted by molar-refractivity contribution is 0.0321. The first-order chi connectivity index (χ1) is 10.0. The molecule has 21 heavy (non-hydrogen) atoms. The van der Waals surface area contributed by atoms with E-state index in [1.807, 2.05) is 26.8 Å². The highest BCUT2D eigenvalue weighted by molar-refractivity contribution is 6.31. The van der Waals surface area contributed by atoms with Crippen molar-refractivity contribution in [3.05, 3.63) is 27.8 Å². The summed E-state index contributed by atoms with van der Waals surface area (Å²) in [5, 5.41) is 0.750. The number of ether oxygens (including phenoxy) is 2. The maximum Gasteiger partial charge on any atom is 0.127 e. The second kappa shape index (κ2) is 7.45. The van der Waals surface area contributed by atoms with E-state index in [-0.39, 0.29) is 6.04 Å². The van der Waals surface area contributed by atoms with Gasteiger partial charge >= 0.3 is 0 Å². The lowest BCUT2D eigenvalue weighted by atomic mass is 10.0. The van der Waals surface area contributed by atoms with Gasteiger partial charge in [-0.25, -0.2) is 0 Å². The summed E-state index contributed by atoms with van der Waals surface area (Å²) in [5.74, 6) is 0.889. The van der Waals surface area contributed by atoms with Crippen LogP contribution >= 0.6 is 11.6 Å². The quantitative estimate of drug-likeness (QED) is 0.908. The number of halogens is 1. The molecule has 0 aromatic heterocycles. The molecule has 1 unspecified atom stereocenters. The standard InChI is InChI=1S/C16H25ClN2O2/c1-11-12(2)16(14(13(3)18)10-15(11)17)21-9-6-19-4-7-20-8-5-19/h10,13H,4-9,18H2,1-3H3. The van der Waals surface area contributed by atoms with Crippen molar-refractivity contribution in [2.24, 2.45) is 5.73 Å². The average molecular weight is 313 g/mol. The zero-order valence-corrected chi connectivity index (χ0v) is 13.9. The maximum atomic E-state index is 6.26. The summed E-state index contributed by atoms with van der Waals surface area (Å²) in [6, 6.07) is 1.83. The molecule has 5 heteroatoms. The van der Waals surface area contributed by atoms with Gasteiger partial charge < -0.3 is 15.2 Å². The first-order valence-corrected chi connectivity index (χ1v) is 7.86. The Bertz CT molecular complexity index is 486. The van der Waals surface area contributed by atoms with Crippen LogP contribution < -0.4 is 10.5 Å². The van der Waals surface area contributed by atoms with Crippen molar-refractivity contribution in [1.82, 2.24) is 4.90 Å². The van der Waals surface area contributed by atoms with Crippen molar-refractivity contribution < 1.29 is 9.47 Å². The van der Waals surface area contributed by atoms with Crippen LogP contribution in [0, 0.1) is 13.8 Å². The van der Waals surface area contributed by atoms with E-state index >= 15 is 0 Å². The average Bonchev–Trinajstić information content (AvgIpc) is 2.47. The van der Waals surface area contributed by atoms with Gasteiger partial charge in [0.2, 0.25) is 0 Å². The summed E-state index contributed by atoms with van der Waals surface area (Å²) in [7, 11) is 0. The van der Waals surface area contributed by atoms with Gasteiger partial charge in [-0.3, -0.25) is 4.90 Å². The highest BCUT2D eigenvalue weighted by Gasteiger charge is 2.16. The van der Waals surface area contributed by atoms with Crippen molar-refractivity contribution in [3.8, 4) is 5.75 Å². The Morgan fingerprint density at radius 3 is 2.62 bits per heavy atom. The topological polar surface area (TPSA) is 47.7 Å². The van der Waals surface area contributed by atoms with Gasteiger partial charge in [-0.2, -0.15) is 0 Å². The zero-order chi connectivity index (χ0) is 15.4. The van der Waals surface area contributed by atoms with Crippen molar-refractivity contribution >= 4 is 11.6 Å². The highest BCUT2D eigenvalue weighted by atomic mass is 35.5. The van der Waals surface area contributed by atoms with Crippen LogP contribution in [0.15, 0.2) is 6.07 Å². The summed E-state index contributed by atoms with van der Waals surface area (Å²) in [6.07, 6.45) is 0. The third-order valence-corrected chi connectivity index (χ3v) is 4.45. The molecule has 0 radical (unpaired) electrons. The van der Waals surface area contributed by atoms with Gasteiger partial charge in [0.25, 0.3) is 0 Å². The Kier molecular flexibility index (Phi) is 5.88. The molecule has 0 saturated carbocycles. The number of morpholine rings is 1. The van der Waals surface area contributed by atoms with Crippen LogP contribution in [0.25, 0.3) is 0 Å². The number of nitrogens with two attached hydrogens (primary N) is 1. The predicted molar refractivity (Wildman–Crippen MR) is 86.3 cm³/mol. The fourth-order valence-electron chi connectivity index (χ4n) is 2.51. The largest absolute Gasteiger partial charge is 0.492 e. The third-order valence-electron chi connectivity index (χ3n) is 4.05. The number of hydrogen-bond donors (Lipinski definition) is 1. The first-order valence-electron chi connectivity index (χ1n) is 7.48. The SMILES string of the molecule is Cc1c(Cl)cc(C(C)N)c(OCCN2CCOCC2)c1C. The fraction of sp³-hybridized carbons (Fsp3) is 0.625. The number of hydrogen-bond acceptors (Lipinski definition) is 4. The second-order valence-corrected chi connectivity index (χ2v) is 6.03. The molecule has 1 aromatic carbocycles. The predicted octanol–water partition coefficient (Wildman–Crippen LogP) is 2.69. The molecule has 2 N–H and O–H groups in total. The van der Waals surface area contributed by atoms with Gasteiger partial charge in [-0.15, -0.1) is 0 Å². The van der Waals surface area contributed by atoms with E-state index in [2.05, 4.69) is 4.90 Å². The summed E-state index contributed by atoms with van der Waals surface area (Å²) in [6.45, 7) is 11.1. The van der Waals surface area contributed by atoms with Crippen molar-refractivity contribution in [1.29, 1.82) is 0 Å². The van der Waals surface area contributed by atoms with E-state index in [1.165, 1.54) is 0 Å². The Morgan fingerprint density at radius 2 is 2.00 bits per heavy atom. The van der Waals surface area contributed by atoms with Crippen LogP contribution in [0.4, 0.5) is 0 Å². The summed E-state index contributed by atoms with van der Waals surface area (Å²) in [4.78, 5) is 2.35. The molecule has 0 bridgehead atoms. The van der Waals surface area contributed by atoms with E-state index in [0.717, 1.165) is 60.3 Å². The van der Waals surface area contributed by atoms with Gasteiger partial charge in [0.15, 0.2) is 0 Å². The van der Waals surface area contributed by atoms with Crippen LogP contribution in [0.5, 0.6) is 5.75 Å². The fourth-order valence-corrected chi connectivity index (χ4v) is 2.77. The monoisotopic (exact) mass is 312 g/mol. The normalized spacial score (nSPS) is 17.8. The van der Waals surface area contributed by atoms with E-state index in [9.17, 15) is 0 Å². The van der Waals surface area contributed by atoms with Gasteiger partial charge in [-0.1, -0.05) is 11.6 Å². The summed E-state index contributed by atoms with van der Waals surface area (Å²) >= 11 is 6.26. The number of nitrogens with zero attached hydrogens (tertiary/aromatic N) is 1. The van der Waals surface area contributed by atoms with Crippen LogP contribution in [0.1, 0.15) is 29.7 Å². The molecule has 0 aliphatic carbocycles.